The van der Waals surface area contributed by atoms with Crippen LogP contribution in [-0.4, -0.2) is 44.3 Å². The summed E-state index contributed by atoms with van der Waals surface area (Å²) in [7, 11) is 1.64. The third-order valence-electron chi connectivity index (χ3n) is 2.57. The number of carbonyl (C=O) groups excluding carboxylic acids is 1. The van der Waals surface area contributed by atoms with E-state index in [2.05, 4.69) is 15.6 Å². The average Bonchev–Trinajstić information content (AvgIpc) is 2.48. The summed E-state index contributed by atoms with van der Waals surface area (Å²) in [6.45, 7) is 3.56. The van der Waals surface area contributed by atoms with Crippen molar-refractivity contribution in [3.63, 3.8) is 0 Å². The lowest BCUT2D eigenvalue weighted by Crippen LogP contribution is -2.29. The number of aromatic nitrogens is 1. The third-order valence-corrected chi connectivity index (χ3v) is 2.57. The molecule has 0 unspecified atom stereocenters. The van der Waals surface area contributed by atoms with Crippen LogP contribution in [0.25, 0.3) is 0 Å². The summed E-state index contributed by atoms with van der Waals surface area (Å²) in [5.41, 5.74) is 1.61. The van der Waals surface area contributed by atoms with Crippen molar-refractivity contribution >= 4 is 5.91 Å². The lowest BCUT2D eigenvalue weighted by molar-refractivity contribution is -0.122. The monoisotopic (exact) mass is 292 g/mol. The van der Waals surface area contributed by atoms with Gasteiger partial charge in [0.2, 0.25) is 0 Å². The van der Waals surface area contributed by atoms with Crippen molar-refractivity contribution in [2.45, 2.75) is 13.5 Å². The van der Waals surface area contributed by atoms with E-state index in [1.807, 2.05) is 19.1 Å². The first-order chi connectivity index (χ1) is 10.2. The van der Waals surface area contributed by atoms with Gasteiger partial charge in [0.15, 0.2) is 6.61 Å². The molecule has 0 fully saturated rings. The van der Waals surface area contributed by atoms with Gasteiger partial charge in [0.1, 0.15) is 12.3 Å². The van der Waals surface area contributed by atoms with Crippen LogP contribution < -0.4 is 15.4 Å². The van der Waals surface area contributed by atoms with Crippen molar-refractivity contribution in [3.05, 3.63) is 23.5 Å². The number of carbonyl (C=O) groups is 1. The summed E-state index contributed by atoms with van der Waals surface area (Å²) < 4.78 is 10.4. The van der Waals surface area contributed by atoms with Gasteiger partial charge in [-0.25, -0.2) is 0 Å². The van der Waals surface area contributed by atoms with E-state index in [4.69, 9.17) is 14.7 Å². The largest absolute Gasteiger partial charge is 0.482 e. The first kappa shape index (κ1) is 16.9. The molecule has 1 aromatic rings. The fourth-order valence-electron chi connectivity index (χ4n) is 1.57. The van der Waals surface area contributed by atoms with E-state index in [9.17, 15) is 4.79 Å². The number of nitriles is 1. The molecule has 7 nitrogen and oxygen atoms in total. The van der Waals surface area contributed by atoms with Crippen molar-refractivity contribution in [2.24, 2.45) is 0 Å². The van der Waals surface area contributed by atoms with Crippen LogP contribution in [0.15, 0.2) is 12.1 Å². The molecule has 1 rings (SSSR count). The Morgan fingerprint density at radius 1 is 1.48 bits per heavy atom. The number of amides is 1. The van der Waals surface area contributed by atoms with Gasteiger partial charge >= 0.3 is 0 Å². The van der Waals surface area contributed by atoms with Crippen molar-refractivity contribution in [1.82, 2.24) is 15.6 Å². The lowest BCUT2D eigenvalue weighted by atomic mass is 10.3. The van der Waals surface area contributed by atoms with Crippen LogP contribution in [0.4, 0.5) is 0 Å². The standard InChI is InChI=1S/C14H20N4O3/c1-11-3-4-13(21-10-14(19)17-6-5-15)12(18-11)9-16-7-8-20-2/h3-4,16H,6-10H2,1-2H3,(H,17,19). The third kappa shape index (κ3) is 6.70. The topological polar surface area (TPSA) is 96.3 Å². The lowest BCUT2D eigenvalue weighted by Gasteiger charge is -2.12. The fourth-order valence-corrected chi connectivity index (χ4v) is 1.57. The summed E-state index contributed by atoms with van der Waals surface area (Å²) in [6.07, 6.45) is 0. The molecule has 0 aliphatic carbocycles. The summed E-state index contributed by atoms with van der Waals surface area (Å²) in [4.78, 5) is 15.8. The Labute approximate surface area is 124 Å². The zero-order valence-electron chi connectivity index (χ0n) is 12.3. The predicted octanol–water partition coefficient (Wildman–Crippen LogP) is 0.145. The first-order valence-electron chi connectivity index (χ1n) is 6.60. The van der Waals surface area contributed by atoms with E-state index in [1.54, 1.807) is 13.2 Å². The average molecular weight is 292 g/mol. The highest BCUT2D eigenvalue weighted by atomic mass is 16.5. The Morgan fingerprint density at radius 3 is 3.00 bits per heavy atom. The van der Waals surface area contributed by atoms with Gasteiger partial charge in [0.05, 0.1) is 18.4 Å². The zero-order chi connectivity index (χ0) is 15.5. The van der Waals surface area contributed by atoms with E-state index in [0.717, 1.165) is 11.4 Å². The summed E-state index contributed by atoms with van der Waals surface area (Å²) in [5.74, 6) is 0.216. The van der Waals surface area contributed by atoms with Crippen LogP contribution in [0.1, 0.15) is 11.4 Å². The number of methoxy groups -OCH3 is 1. The molecule has 7 heteroatoms. The van der Waals surface area contributed by atoms with E-state index in [0.29, 0.717) is 25.4 Å². The van der Waals surface area contributed by atoms with Crippen molar-refractivity contribution in [2.75, 3.05) is 33.4 Å². The van der Waals surface area contributed by atoms with Crippen molar-refractivity contribution < 1.29 is 14.3 Å². The summed E-state index contributed by atoms with van der Waals surface area (Å²) in [5, 5.41) is 14.0. The minimum atomic E-state index is -0.338. The Bertz CT molecular complexity index is 499. The number of nitrogens with zero attached hydrogens (tertiary/aromatic N) is 2. The molecule has 21 heavy (non-hydrogen) atoms. The van der Waals surface area contributed by atoms with Crippen LogP contribution in [0.5, 0.6) is 5.75 Å². The Balaban J connectivity index is 2.55. The minimum Gasteiger partial charge on any atom is -0.482 e. The number of hydrogen-bond donors (Lipinski definition) is 2. The molecule has 2 N–H and O–H groups in total. The molecule has 1 aromatic heterocycles. The highest BCUT2D eigenvalue weighted by molar-refractivity contribution is 5.77. The second kappa shape index (κ2) is 9.69. The normalized spacial score (nSPS) is 9.95. The molecule has 0 saturated heterocycles. The molecule has 0 bridgehead atoms. The minimum absolute atomic E-state index is 0.0280. The van der Waals surface area contributed by atoms with Crippen LogP contribution in [0, 0.1) is 18.3 Å². The number of hydrogen-bond acceptors (Lipinski definition) is 6. The van der Waals surface area contributed by atoms with Gasteiger partial charge in [-0.15, -0.1) is 0 Å². The Hall–Kier alpha value is -2.17. The molecule has 114 valence electrons. The van der Waals surface area contributed by atoms with Gasteiger partial charge < -0.3 is 20.1 Å². The number of rotatable bonds is 9. The van der Waals surface area contributed by atoms with Gasteiger partial charge in [-0.1, -0.05) is 0 Å². The first-order valence-corrected chi connectivity index (χ1v) is 6.60. The fraction of sp³-hybridized carbons (Fsp3) is 0.500. The molecule has 0 saturated carbocycles. The summed E-state index contributed by atoms with van der Waals surface area (Å²) >= 11 is 0. The van der Waals surface area contributed by atoms with Crippen LogP contribution in [-0.2, 0) is 16.1 Å². The van der Waals surface area contributed by atoms with Crippen molar-refractivity contribution in [3.8, 4) is 11.8 Å². The van der Waals surface area contributed by atoms with Gasteiger partial charge in [0.25, 0.3) is 5.91 Å². The quantitative estimate of drug-likeness (QED) is 0.496. The molecule has 1 heterocycles. The van der Waals surface area contributed by atoms with E-state index in [1.165, 1.54) is 0 Å². The van der Waals surface area contributed by atoms with Gasteiger partial charge in [-0.2, -0.15) is 5.26 Å². The molecule has 1 amide bonds. The number of ether oxygens (including phenoxy) is 2. The number of aryl methyl sites for hydroxylation is 1. The number of nitrogens with one attached hydrogen (secondary N) is 2. The smallest absolute Gasteiger partial charge is 0.258 e. The molecule has 0 aromatic carbocycles. The van der Waals surface area contributed by atoms with Crippen LogP contribution in [0.2, 0.25) is 0 Å². The van der Waals surface area contributed by atoms with Crippen LogP contribution >= 0.6 is 0 Å². The maximum Gasteiger partial charge on any atom is 0.258 e. The predicted molar refractivity (Wildman–Crippen MR) is 76.7 cm³/mol. The zero-order valence-corrected chi connectivity index (χ0v) is 12.3. The Morgan fingerprint density at radius 2 is 2.29 bits per heavy atom. The second-order valence-electron chi connectivity index (χ2n) is 4.29. The van der Waals surface area contributed by atoms with Gasteiger partial charge in [-0.05, 0) is 19.1 Å². The molecular formula is C14H20N4O3. The van der Waals surface area contributed by atoms with E-state index >= 15 is 0 Å². The van der Waals surface area contributed by atoms with Crippen LogP contribution in [0.3, 0.4) is 0 Å². The number of pyridine rings is 1. The SMILES string of the molecule is COCCNCc1nc(C)ccc1OCC(=O)NCC#N. The molecule has 0 aliphatic rings. The highest BCUT2D eigenvalue weighted by Crippen LogP contribution is 2.16. The van der Waals surface area contributed by atoms with Gasteiger partial charge in [0, 0.05) is 25.9 Å². The maximum absolute atomic E-state index is 11.4. The second-order valence-corrected chi connectivity index (χ2v) is 4.29. The molecule has 0 spiro atoms. The molecule has 0 radical (unpaired) electrons. The molecule has 0 atom stereocenters. The van der Waals surface area contributed by atoms with Gasteiger partial charge in [-0.3, -0.25) is 9.78 Å². The highest BCUT2D eigenvalue weighted by Gasteiger charge is 2.08. The van der Waals surface area contributed by atoms with E-state index in [-0.39, 0.29) is 19.1 Å². The van der Waals surface area contributed by atoms with E-state index < -0.39 is 0 Å². The van der Waals surface area contributed by atoms with Crippen molar-refractivity contribution in [1.29, 1.82) is 5.26 Å². The molecule has 0 aliphatic heterocycles. The molecular weight excluding hydrogens is 272 g/mol. The summed E-state index contributed by atoms with van der Waals surface area (Å²) in [6, 6.07) is 5.44. The Kier molecular flexibility index (Phi) is 7.79. The maximum atomic E-state index is 11.4.